The number of halogens is 2. The van der Waals surface area contributed by atoms with E-state index in [1.165, 1.54) is 7.11 Å². The zero-order valence-electron chi connectivity index (χ0n) is 12.4. The zero-order chi connectivity index (χ0) is 15.4. The van der Waals surface area contributed by atoms with Crippen LogP contribution < -0.4 is 10.1 Å². The molecule has 2 aromatic rings. The molecule has 0 saturated heterocycles. The highest BCUT2D eigenvalue weighted by Gasteiger charge is 2.17. The van der Waals surface area contributed by atoms with Crippen molar-refractivity contribution < 1.29 is 9.13 Å². The average Bonchev–Trinajstić information content (AvgIpc) is 2.49. The quantitative estimate of drug-likeness (QED) is 0.889. The van der Waals surface area contributed by atoms with E-state index in [0.29, 0.717) is 17.0 Å². The maximum Gasteiger partial charge on any atom is 0.168 e. The van der Waals surface area contributed by atoms with Crippen molar-refractivity contribution in [1.29, 1.82) is 0 Å². The van der Waals surface area contributed by atoms with E-state index in [-0.39, 0.29) is 17.6 Å². The molecule has 0 bridgehead atoms. The van der Waals surface area contributed by atoms with Gasteiger partial charge in [-0.15, -0.1) is 0 Å². The molecule has 21 heavy (non-hydrogen) atoms. The third-order valence-corrected chi connectivity index (χ3v) is 3.89. The summed E-state index contributed by atoms with van der Waals surface area (Å²) in [6.07, 6.45) is 0.528. The third kappa shape index (κ3) is 3.55. The van der Waals surface area contributed by atoms with Crippen LogP contribution in [0.2, 0.25) is 5.02 Å². The lowest BCUT2D eigenvalue weighted by Gasteiger charge is -2.20. The highest BCUT2D eigenvalue weighted by molar-refractivity contribution is 6.30. The first-order valence-corrected chi connectivity index (χ1v) is 7.19. The molecule has 0 fully saturated rings. The van der Waals surface area contributed by atoms with Crippen molar-refractivity contribution in [2.45, 2.75) is 19.4 Å². The van der Waals surface area contributed by atoms with E-state index in [4.69, 9.17) is 16.3 Å². The van der Waals surface area contributed by atoms with Crippen LogP contribution in [0.1, 0.15) is 22.7 Å². The number of likely N-dealkylation sites (N-methyl/N-ethyl adjacent to an activating group) is 1. The summed E-state index contributed by atoms with van der Waals surface area (Å²) in [6.45, 7) is 2.03. The van der Waals surface area contributed by atoms with Crippen LogP contribution in [0.25, 0.3) is 0 Å². The fourth-order valence-corrected chi connectivity index (χ4v) is 2.63. The molecule has 0 aromatic heterocycles. The summed E-state index contributed by atoms with van der Waals surface area (Å²) in [4.78, 5) is 0. The Morgan fingerprint density at radius 3 is 2.71 bits per heavy atom. The molecule has 1 N–H and O–H groups in total. The first-order chi connectivity index (χ1) is 10.1. The van der Waals surface area contributed by atoms with Crippen molar-refractivity contribution >= 4 is 11.6 Å². The maximum absolute atomic E-state index is 14.3. The Bertz CT molecular complexity index is 630. The molecule has 0 aliphatic heterocycles. The van der Waals surface area contributed by atoms with Crippen molar-refractivity contribution in [1.82, 2.24) is 5.32 Å². The van der Waals surface area contributed by atoms with Gasteiger partial charge in [-0.25, -0.2) is 4.39 Å². The standard InChI is InChI=1S/C17H19ClFNO/c1-11-7-8-13(18)10-14(11)15(20-2)9-12-5-4-6-16(21-3)17(12)19/h4-8,10,15,20H,9H2,1-3H3. The van der Waals surface area contributed by atoms with Crippen LogP contribution in [-0.4, -0.2) is 14.2 Å². The number of methoxy groups -OCH3 is 1. The van der Waals surface area contributed by atoms with Crippen molar-refractivity contribution in [3.63, 3.8) is 0 Å². The van der Waals surface area contributed by atoms with E-state index >= 15 is 0 Å². The van der Waals surface area contributed by atoms with Crippen molar-refractivity contribution in [2.75, 3.05) is 14.2 Å². The first kappa shape index (κ1) is 15.8. The van der Waals surface area contributed by atoms with Gasteiger partial charge < -0.3 is 10.1 Å². The number of hydrogen-bond donors (Lipinski definition) is 1. The van der Waals surface area contributed by atoms with Gasteiger partial charge in [-0.1, -0.05) is 29.8 Å². The minimum atomic E-state index is -0.306. The summed E-state index contributed by atoms with van der Waals surface area (Å²) in [5, 5.41) is 3.92. The topological polar surface area (TPSA) is 21.3 Å². The molecule has 1 atom stereocenters. The van der Waals surface area contributed by atoms with Gasteiger partial charge in [0.1, 0.15) is 0 Å². The molecule has 2 rings (SSSR count). The fourth-order valence-electron chi connectivity index (χ4n) is 2.45. The second-order valence-corrected chi connectivity index (χ2v) is 5.42. The highest BCUT2D eigenvalue weighted by atomic mass is 35.5. The summed E-state index contributed by atoms with van der Waals surface area (Å²) in [7, 11) is 3.34. The SMILES string of the molecule is CNC(Cc1cccc(OC)c1F)c1cc(Cl)ccc1C. The van der Waals surface area contributed by atoms with E-state index in [9.17, 15) is 4.39 Å². The van der Waals surface area contributed by atoms with Gasteiger partial charge in [-0.3, -0.25) is 0 Å². The largest absolute Gasteiger partial charge is 0.494 e. The van der Waals surface area contributed by atoms with Crippen molar-refractivity contribution in [3.05, 3.63) is 63.9 Å². The molecular formula is C17H19ClFNO. The first-order valence-electron chi connectivity index (χ1n) is 6.81. The Morgan fingerprint density at radius 1 is 1.29 bits per heavy atom. The average molecular weight is 308 g/mol. The highest BCUT2D eigenvalue weighted by Crippen LogP contribution is 2.28. The van der Waals surface area contributed by atoms with E-state index in [0.717, 1.165) is 11.1 Å². The lowest BCUT2D eigenvalue weighted by molar-refractivity contribution is 0.383. The lowest BCUT2D eigenvalue weighted by Crippen LogP contribution is -2.20. The Labute approximate surface area is 129 Å². The summed E-state index contributed by atoms with van der Waals surface area (Å²) >= 11 is 6.08. The van der Waals surface area contributed by atoms with E-state index in [2.05, 4.69) is 5.32 Å². The van der Waals surface area contributed by atoms with E-state index in [1.54, 1.807) is 18.2 Å². The van der Waals surface area contributed by atoms with Crippen LogP contribution in [0.5, 0.6) is 5.75 Å². The molecule has 1 unspecified atom stereocenters. The van der Waals surface area contributed by atoms with Crippen LogP contribution in [0.15, 0.2) is 36.4 Å². The third-order valence-electron chi connectivity index (χ3n) is 3.65. The predicted molar refractivity (Wildman–Crippen MR) is 84.6 cm³/mol. The van der Waals surface area contributed by atoms with Crippen molar-refractivity contribution in [3.8, 4) is 5.75 Å². The van der Waals surface area contributed by atoms with Crippen molar-refractivity contribution in [2.24, 2.45) is 0 Å². The van der Waals surface area contributed by atoms with Gasteiger partial charge in [0.2, 0.25) is 0 Å². The molecule has 4 heteroatoms. The Kier molecular flexibility index (Phi) is 5.21. The molecule has 0 heterocycles. The minimum Gasteiger partial charge on any atom is -0.494 e. The number of benzene rings is 2. The van der Waals surface area contributed by atoms with E-state index < -0.39 is 0 Å². The molecular weight excluding hydrogens is 289 g/mol. The molecule has 112 valence electrons. The zero-order valence-corrected chi connectivity index (χ0v) is 13.2. The molecule has 0 aliphatic rings. The smallest absolute Gasteiger partial charge is 0.168 e. The second-order valence-electron chi connectivity index (χ2n) is 4.98. The van der Waals surface area contributed by atoms with Crippen LogP contribution in [0.3, 0.4) is 0 Å². The van der Waals surface area contributed by atoms with Gasteiger partial charge in [0.25, 0.3) is 0 Å². The summed E-state index contributed by atoms with van der Waals surface area (Å²) in [5.41, 5.74) is 2.82. The molecule has 2 nitrogen and oxygen atoms in total. The van der Waals surface area contributed by atoms with Crippen LogP contribution in [0.4, 0.5) is 4.39 Å². The predicted octanol–water partition coefficient (Wildman–Crippen LogP) is 4.30. The number of hydrogen-bond acceptors (Lipinski definition) is 2. The summed E-state index contributed by atoms with van der Waals surface area (Å²) in [6, 6.07) is 11.0. The molecule has 0 aliphatic carbocycles. The van der Waals surface area contributed by atoms with Gasteiger partial charge in [0.05, 0.1) is 7.11 Å². The van der Waals surface area contributed by atoms with Gasteiger partial charge in [0.15, 0.2) is 11.6 Å². The Balaban J connectivity index is 2.33. The number of ether oxygens (including phenoxy) is 1. The van der Waals surface area contributed by atoms with E-state index in [1.807, 2.05) is 32.2 Å². The number of aryl methyl sites for hydroxylation is 1. The van der Waals surface area contributed by atoms with Gasteiger partial charge in [-0.05, 0) is 55.3 Å². The molecule has 0 radical (unpaired) electrons. The molecule has 0 amide bonds. The molecule has 2 aromatic carbocycles. The maximum atomic E-state index is 14.3. The van der Waals surface area contributed by atoms with Gasteiger partial charge in [-0.2, -0.15) is 0 Å². The molecule has 0 saturated carbocycles. The van der Waals surface area contributed by atoms with Crippen LogP contribution in [-0.2, 0) is 6.42 Å². The Hall–Kier alpha value is -1.58. The van der Waals surface area contributed by atoms with Crippen LogP contribution >= 0.6 is 11.6 Å². The monoisotopic (exact) mass is 307 g/mol. The number of rotatable bonds is 5. The second kappa shape index (κ2) is 6.92. The van der Waals surface area contributed by atoms with Gasteiger partial charge in [0, 0.05) is 11.1 Å². The van der Waals surface area contributed by atoms with Gasteiger partial charge >= 0.3 is 0 Å². The summed E-state index contributed by atoms with van der Waals surface area (Å²) in [5.74, 6) is -0.0369. The fraction of sp³-hybridized carbons (Fsp3) is 0.294. The van der Waals surface area contributed by atoms with Crippen LogP contribution in [0, 0.1) is 12.7 Å². The Morgan fingerprint density at radius 2 is 2.05 bits per heavy atom. The number of nitrogens with one attached hydrogen (secondary N) is 1. The summed E-state index contributed by atoms with van der Waals surface area (Å²) < 4.78 is 19.3. The minimum absolute atomic E-state index is 0.00898. The normalized spacial score (nSPS) is 12.2. The molecule has 0 spiro atoms. The lowest BCUT2D eigenvalue weighted by atomic mass is 9.95.